The van der Waals surface area contributed by atoms with Crippen LogP contribution < -0.4 is 10.1 Å². The maximum Gasteiger partial charge on any atom is 0.573 e. The summed E-state index contributed by atoms with van der Waals surface area (Å²) < 4.78 is 41.2. The Balaban J connectivity index is 1.96. The second-order valence-corrected chi connectivity index (χ2v) is 5.16. The first-order valence-electron chi connectivity index (χ1n) is 7.22. The third-order valence-electron chi connectivity index (χ3n) is 3.24. The Bertz CT molecular complexity index is 675. The third-order valence-corrected chi connectivity index (χ3v) is 3.24. The number of nitrogens with one attached hydrogen (secondary N) is 1. The number of carbonyl (C=O) groups excluding carboxylic acids is 1. The van der Waals surface area contributed by atoms with Crippen LogP contribution in [0.3, 0.4) is 0 Å². The number of benzene rings is 2. The molecule has 7 heteroatoms. The van der Waals surface area contributed by atoms with Gasteiger partial charge in [-0.25, -0.2) is 4.79 Å². The van der Waals surface area contributed by atoms with Crippen molar-refractivity contribution in [2.24, 2.45) is 0 Å². The lowest BCUT2D eigenvalue weighted by Crippen LogP contribution is -2.36. The van der Waals surface area contributed by atoms with Gasteiger partial charge in [-0.1, -0.05) is 48.5 Å². The molecule has 0 aliphatic heterocycles. The van der Waals surface area contributed by atoms with E-state index in [4.69, 9.17) is 0 Å². The molecule has 4 nitrogen and oxygen atoms in total. The summed E-state index contributed by atoms with van der Waals surface area (Å²) in [6, 6.07) is 14.7. The Labute approximate surface area is 137 Å². The number of alkyl halides is 3. The predicted octanol–water partition coefficient (Wildman–Crippen LogP) is 3.93. The molecule has 0 fully saturated rings. The van der Waals surface area contributed by atoms with E-state index in [9.17, 15) is 18.0 Å². The van der Waals surface area contributed by atoms with Crippen LogP contribution >= 0.6 is 0 Å². The molecular weight excluding hydrogens is 321 g/mol. The summed E-state index contributed by atoms with van der Waals surface area (Å²) in [4.78, 5) is 13.4. The van der Waals surface area contributed by atoms with E-state index in [1.54, 1.807) is 6.07 Å². The van der Waals surface area contributed by atoms with Crippen LogP contribution in [0.1, 0.15) is 11.1 Å². The van der Waals surface area contributed by atoms with Gasteiger partial charge in [0.1, 0.15) is 5.75 Å². The maximum absolute atomic E-state index is 12.4. The molecule has 0 radical (unpaired) electrons. The number of hydrogen-bond donors (Lipinski definition) is 1. The van der Waals surface area contributed by atoms with E-state index in [1.165, 1.54) is 30.1 Å². The lowest BCUT2D eigenvalue weighted by molar-refractivity contribution is -0.274. The monoisotopic (exact) mass is 338 g/mol. The zero-order valence-electron chi connectivity index (χ0n) is 13.0. The van der Waals surface area contributed by atoms with Crippen molar-refractivity contribution in [2.45, 2.75) is 19.5 Å². The van der Waals surface area contributed by atoms with Crippen molar-refractivity contribution < 1.29 is 22.7 Å². The minimum atomic E-state index is -4.77. The molecule has 2 aromatic carbocycles. The molecule has 0 saturated carbocycles. The zero-order chi connectivity index (χ0) is 17.6. The molecule has 2 aromatic rings. The van der Waals surface area contributed by atoms with Crippen molar-refractivity contribution in [1.82, 2.24) is 10.2 Å². The minimum absolute atomic E-state index is 0.00707. The first kappa shape index (κ1) is 17.7. The van der Waals surface area contributed by atoms with Gasteiger partial charge in [-0.2, -0.15) is 0 Å². The van der Waals surface area contributed by atoms with Crippen LogP contribution in [0.2, 0.25) is 0 Å². The largest absolute Gasteiger partial charge is 0.573 e. The molecule has 1 N–H and O–H groups in total. The van der Waals surface area contributed by atoms with E-state index in [0.717, 1.165) is 5.56 Å². The summed E-state index contributed by atoms with van der Waals surface area (Å²) >= 11 is 0. The van der Waals surface area contributed by atoms with E-state index in [-0.39, 0.29) is 23.9 Å². The predicted molar refractivity (Wildman–Crippen MR) is 83.3 cm³/mol. The van der Waals surface area contributed by atoms with Crippen LogP contribution in [0.25, 0.3) is 0 Å². The normalized spacial score (nSPS) is 11.0. The van der Waals surface area contributed by atoms with Gasteiger partial charge in [-0.3, -0.25) is 0 Å². The molecule has 0 atom stereocenters. The molecule has 2 amide bonds. The van der Waals surface area contributed by atoms with E-state index in [2.05, 4.69) is 10.1 Å². The van der Waals surface area contributed by atoms with E-state index < -0.39 is 6.36 Å². The molecule has 128 valence electrons. The van der Waals surface area contributed by atoms with Crippen LogP contribution in [-0.2, 0) is 13.1 Å². The summed E-state index contributed by atoms with van der Waals surface area (Å²) in [6.45, 7) is 0.331. The van der Waals surface area contributed by atoms with Gasteiger partial charge in [0.05, 0.1) is 6.54 Å². The number of halogens is 3. The van der Waals surface area contributed by atoms with Gasteiger partial charge >= 0.3 is 12.4 Å². The lowest BCUT2D eigenvalue weighted by atomic mass is 10.2. The highest BCUT2D eigenvalue weighted by Crippen LogP contribution is 2.26. The number of urea groups is 1. The number of ether oxygens (including phenoxy) is 1. The van der Waals surface area contributed by atoms with Crippen LogP contribution in [0, 0.1) is 0 Å². The van der Waals surface area contributed by atoms with Crippen molar-refractivity contribution in [2.75, 3.05) is 7.05 Å². The Morgan fingerprint density at radius 3 is 2.38 bits per heavy atom. The van der Waals surface area contributed by atoms with Crippen molar-refractivity contribution >= 4 is 6.03 Å². The van der Waals surface area contributed by atoms with Gasteiger partial charge in [0, 0.05) is 19.2 Å². The molecule has 0 saturated heterocycles. The van der Waals surface area contributed by atoms with Crippen molar-refractivity contribution in [3.63, 3.8) is 0 Å². The second-order valence-electron chi connectivity index (χ2n) is 5.16. The third kappa shape index (κ3) is 5.49. The second kappa shape index (κ2) is 7.72. The Kier molecular flexibility index (Phi) is 5.68. The van der Waals surface area contributed by atoms with E-state index in [0.29, 0.717) is 6.54 Å². The summed E-state index contributed by atoms with van der Waals surface area (Å²) in [5, 5.41) is 2.71. The van der Waals surface area contributed by atoms with Crippen LogP contribution in [0.15, 0.2) is 54.6 Å². The number of rotatable bonds is 5. The fourth-order valence-electron chi connectivity index (χ4n) is 2.09. The highest BCUT2D eigenvalue weighted by molar-refractivity contribution is 5.73. The zero-order valence-corrected chi connectivity index (χ0v) is 13.0. The number of hydrogen-bond acceptors (Lipinski definition) is 2. The van der Waals surface area contributed by atoms with Crippen molar-refractivity contribution in [3.05, 3.63) is 65.7 Å². The smallest absolute Gasteiger partial charge is 0.405 e. The number of nitrogens with zero attached hydrogens (tertiary/aromatic N) is 1. The highest BCUT2D eigenvalue weighted by Gasteiger charge is 2.32. The number of para-hydroxylation sites is 1. The van der Waals surface area contributed by atoms with Crippen molar-refractivity contribution in [1.29, 1.82) is 0 Å². The van der Waals surface area contributed by atoms with Crippen LogP contribution in [0.4, 0.5) is 18.0 Å². The fraction of sp³-hybridized carbons (Fsp3) is 0.235. The average molecular weight is 338 g/mol. The van der Waals surface area contributed by atoms with E-state index in [1.807, 2.05) is 30.3 Å². The first-order chi connectivity index (χ1) is 11.3. The highest BCUT2D eigenvalue weighted by atomic mass is 19.4. The summed E-state index contributed by atoms with van der Waals surface area (Å²) in [6.07, 6.45) is -4.77. The Morgan fingerprint density at radius 1 is 1.08 bits per heavy atom. The molecule has 0 aliphatic rings. The molecule has 0 aliphatic carbocycles. The topological polar surface area (TPSA) is 41.6 Å². The molecule has 0 spiro atoms. The molecule has 24 heavy (non-hydrogen) atoms. The summed E-state index contributed by atoms with van der Waals surface area (Å²) in [5.41, 5.74) is 1.20. The minimum Gasteiger partial charge on any atom is -0.405 e. The molecule has 2 rings (SSSR count). The Morgan fingerprint density at radius 2 is 1.71 bits per heavy atom. The lowest BCUT2D eigenvalue weighted by Gasteiger charge is -2.20. The van der Waals surface area contributed by atoms with Gasteiger partial charge in [0.15, 0.2) is 0 Å². The van der Waals surface area contributed by atoms with Gasteiger partial charge in [0.25, 0.3) is 0 Å². The van der Waals surface area contributed by atoms with Gasteiger partial charge < -0.3 is 15.0 Å². The van der Waals surface area contributed by atoms with Crippen molar-refractivity contribution in [3.8, 4) is 5.75 Å². The fourth-order valence-corrected chi connectivity index (χ4v) is 2.09. The number of amides is 2. The number of carbonyl (C=O) groups is 1. The SMILES string of the molecule is CN(Cc1ccccc1OC(F)(F)F)C(=O)NCc1ccccc1. The van der Waals surface area contributed by atoms with Crippen LogP contribution in [0.5, 0.6) is 5.75 Å². The molecule has 0 heterocycles. The summed E-state index contributed by atoms with van der Waals surface area (Å²) in [7, 11) is 1.50. The molecule has 0 unspecified atom stereocenters. The molecule has 0 aromatic heterocycles. The van der Waals surface area contributed by atoms with Crippen LogP contribution in [-0.4, -0.2) is 24.3 Å². The maximum atomic E-state index is 12.4. The average Bonchev–Trinajstić information content (AvgIpc) is 2.54. The molecule has 0 bridgehead atoms. The first-order valence-corrected chi connectivity index (χ1v) is 7.22. The molecular formula is C17H17F3N2O2. The summed E-state index contributed by atoms with van der Waals surface area (Å²) in [5.74, 6) is -0.312. The quantitative estimate of drug-likeness (QED) is 0.898. The van der Waals surface area contributed by atoms with Gasteiger partial charge in [-0.05, 0) is 11.6 Å². The van der Waals surface area contributed by atoms with E-state index >= 15 is 0 Å². The van der Waals surface area contributed by atoms with Gasteiger partial charge in [0.2, 0.25) is 0 Å². The van der Waals surface area contributed by atoms with Gasteiger partial charge in [-0.15, -0.1) is 13.2 Å². The Hall–Kier alpha value is -2.70. The standard InChI is InChI=1S/C17H17F3N2O2/c1-22(16(23)21-11-13-7-3-2-4-8-13)12-14-9-5-6-10-15(14)24-17(18,19)20/h2-10H,11-12H2,1H3,(H,21,23).